The summed E-state index contributed by atoms with van der Waals surface area (Å²) in [6, 6.07) is 4.23. The van der Waals surface area contributed by atoms with Crippen molar-refractivity contribution in [3.8, 4) is 0 Å². The first-order valence-electron chi connectivity index (χ1n) is 3.04. The molecule has 11 heavy (non-hydrogen) atoms. The molecule has 1 aromatic carbocycles. The van der Waals surface area contributed by atoms with Gasteiger partial charge in [-0.3, -0.25) is 4.79 Å². The lowest BCUT2D eigenvalue weighted by Gasteiger charge is -1.85. The van der Waals surface area contributed by atoms with E-state index in [4.69, 9.17) is 0 Å². The van der Waals surface area contributed by atoms with Gasteiger partial charge in [-0.25, -0.2) is 4.39 Å². The summed E-state index contributed by atoms with van der Waals surface area (Å²) in [5.74, 6) is -0.312. The van der Waals surface area contributed by atoms with Gasteiger partial charge in [0.25, 0.3) is 0 Å². The van der Waals surface area contributed by atoms with Crippen LogP contribution < -0.4 is 4.87 Å². The molecule has 1 heterocycles. The van der Waals surface area contributed by atoms with Crippen molar-refractivity contribution in [3.63, 3.8) is 0 Å². The first kappa shape index (κ1) is 6.54. The number of aromatic amines is 1. The number of H-pyrrole nitrogens is 1. The van der Waals surface area contributed by atoms with Gasteiger partial charge in [-0.05, 0) is 18.2 Å². The molecule has 4 heteroatoms. The van der Waals surface area contributed by atoms with Crippen LogP contribution in [0.1, 0.15) is 0 Å². The molecule has 56 valence electrons. The Labute approximate surface area is 65.3 Å². The molecule has 0 bridgehead atoms. The highest BCUT2D eigenvalue weighted by molar-refractivity contribution is 7.16. The average Bonchev–Trinajstić information content (AvgIpc) is 2.27. The second-order valence-corrected chi connectivity index (χ2v) is 3.17. The van der Waals surface area contributed by atoms with Gasteiger partial charge < -0.3 is 4.98 Å². The fourth-order valence-corrected chi connectivity index (χ4v) is 1.68. The van der Waals surface area contributed by atoms with E-state index in [9.17, 15) is 9.18 Å². The normalized spacial score (nSPS) is 10.6. The average molecular weight is 169 g/mol. The molecule has 2 rings (SSSR count). The largest absolute Gasteiger partial charge is 0.312 e. The van der Waals surface area contributed by atoms with Gasteiger partial charge in [-0.1, -0.05) is 11.3 Å². The molecule has 2 aromatic rings. The highest BCUT2D eigenvalue weighted by Crippen LogP contribution is 2.14. The van der Waals surface area contributed by atoms with Crippen LogP contribution >= 0.6 is 11.3 Å². The highest BCUT2D eigenvalue weighted by Gasteiger charge is 1.98. The van der Waals surface area contributed by atoms with Crippen molar-refractivity contribution in [3.05, 3.63) is 33.7 Å². The third-order valence-corrected chi connectivity index (χ3v) is 2.23. The number of hydrogen-bond donors (Lipinski definition) is 1. The zero-order chi connectivity index (χ0) is 7.84. The first-order chi connectivity index (χ1) is 5.25. The van der Waals surface area contributed by atoms with Crippen LogP contribution in [0.15, 0.2) is 23.0 Å². The Morgan fingerprint density at radius 3 is 3.09 bits per heavy atom. The topological polar surface area (TPSA) is 32.9 Å². The van der Waals surface area contributed by atoms with Crippen molar-refractivity contribution in [2.75, 3.05) is 0 Å². The van der Waals surface area contributed by atoms with Gasteiger partial charge >= 0.3 is 4.87 Å². The van der Waals surface area contributed by atoms with Gasteiger partial charge in [0, 0.05) is 0 Å². The molecule has 0 atom stereocenters. The molecule has 0 unspecified atom stereocenters. The van der Waals surface area contributed by atoms with E-state index < -0.39 is 0 Å². The van der Waals surface area contributed by atoms with Crippen LogP contribution in [0.3, 0.4) is 0 Å². The van der Waals surface area contributed by atoms with E-state index in [1.807, 2.05) is 0 Å². The Kier molecular flexibility index (Phi) is 1.29. The van der Waals surface area contributed by atoms with E-state index in [-0.39, 0.29) is 10.7 Å². The summed E-state index contributed by atoms with van der Waals surface area (Å²) in [7, 11) is 0. The lowest BCUT2D eigenvalue weighted by atomic mass is 10.3. The van der Waals surface area contributed by atoms with Gasteiger partial charge in [0.15, 0.2) is 0 Å². The van der Waals surface area contributed by atoms with Gasteiger partial charge in [-0.15, -0.1) is 0 Å². The van der Waals surface area contributed by atoms with Crippen LogP contribution in [0, 0.1) is 5.82 Å². The molecule has 0 aliphatic heterocycles. The summed E-state index contributed by atoms with van der Waals surface area (Å²) < 4.78 is 13.2. The number of hydrogen-bond acceptors (Lipinski definition) is 2. The second kappa shape index (κ2) is 2.17. The molecule has 0 saturated heterocycles. The quantitative estimate of drug-likeness (QED) is 0.640. The van der Waals surface area contributed by atoms with Crippen molar-refractivity contribution >= 4 is 21.6 Å². The van der Waals surface area contributed by atoms with Gasteiger partial charge in [0.05, 0.1) is 10.2 Å². The minimum Gasteiger partial charge on any atom is -0.312 e. The van der Waals surface area contributed by atoms with Crippen LogP contribution in [0.2, 0.25) is 0 Å². The SMILES string of the molecule is O=c1[nH]c2ccc(F)cc2s1. The Hall–Kier alpha value is -1.16. The minimum absolute atomic E-state index is 0.148. The van der Waals surface area contributed by atoms with Crippen molar-refractivity contribution in [2.24, 2.45) is 0 Å². The predicted molar refractivity (Wildman–Crippen MR) is 42.4 cm³/mol. The lowest BCUT2D eigenvalue weighted by molar-refractivity contribution is 0.630. The summed E-state index contributed by atoms with van der Waals surface area (Å²) in [5, 5.41) is 0. The number of nitrogens with one attached hydrogen (secondary N) is 1. The van der Waals surface area contributed by atoms with Crippen LogP contribution in [-0.2, 0) is 0 Å². The standard InChI is InChI=1S/C7H4FNOS/c8-4-1-2-5-6(3-4)11-7(10)9-5/h1-3H,(H,9,10). The number of thiazole rings is 1. The van der Waals surface area contributed by atoms with Crippen LogP contribution in [0.5, 0.6) is 0 Å². The number of benzene rings is 1. The van der Waals surface area contributed by atoms with E-state index in [2.05, 4.69) is 4.98 Å². The number of halogens is 1. The van der Waals surface area contributed by atoms with E-state index >= 15 is 0 Å². The predicted octanol–water partition coefficient (Wildman–Crippen LogP) is 1.73. The molecule has 0 aliphatic carbocycles. The Bertz CT molecular complexity index is 445. The lowest BCUT2D eigenvalue weighted by Crippen LogP contribution is -1.89. The molecule has 1 N–H and O–H groups in total. The Balaban J connectivity index is 2.92. The smallest absolute Gasteiger partial charge is 0.305 e. The molecule has 1 aromatic heterocycles. The molecule has 0 radical (unpaired) electrons. The molecule has 0 saturated carbocycles. The van der Waals surface area contributed by atoms with Crippen molar-refractivity contribution in [1.82, 2.24) is 4.98 Å². The Morgan fingerprint density at radius 1 is 1.45 bits per heavy atom. The number of aromatic nitrogens is 1. The number of fused-ring (bicyclic) bond motifs is 1. The molecule has 0 spiro atoms. The summed E-state index contributed by atoms with van der Waals surface area (Å²) in [6.07, 6.45) is 0. The van der Waals surface area contributed by atoms with Crippen LogP contribution in [0.25, 0.3) is 10.2 Å². The summed E-state index contributed by atoms with van der Waals surface area (Å²) in [4.78, 5) is 13.2. The molecular weight excluding hydrogens is 165 g/mol. The first-order valence-corrected chi connectivity index (χ1v) is 3.86. The molecule has 2 nitrogen and oxygen atoms in total. The number of rotatable bonds is 0. The van der Waals surface area contributed by atoms with Gasteiger partial charge in [0.2, 0.25) is 0 Å². The van der Waals surface area contributed by atoms with Crippen molar-refractivity contribution in [2.45, 2.75) is 0 Å². The van der Waals surface area contributed by atoms with E-state index in [0.717, 1.165) is 11.3 Å². The maximum Gasteiger partial charge on any atom is 0.305 e. The van der Waals surface area contributed by atoms with E-state index in [0.29, 0.717) is 10.2 Å². The van der Waals surface area contributed by atoms with E-state index in [1.165, 1.54) is 12.1 Å². The third kappa shape index (κ3) is 1.05. The van der Waals surface area contributed by atoms with Gasteiger partial charge in [-0.2, -0.15) is 0 Å². The van der Waals surface area contributed by atoms with Crippen LogP contribution in [-0.4, -0.2) is 4.98 Å². The fourth-order valence-electron chi connectivity index (χ4n) is 0.919. The van der Waals surface area contributed by atoms with Crippen molar-refractivity contribution in [1.29, 1.82) is 0 Å². The maximum atomic E-state index is 12.5. The third-order valence-electron chi connectivity index (χ3n) is 1.38. The Morgan fingerprint density at radius 2 is 2.27 bits per heavy atom. The monoisotopic (exact) mass is 169 g/mol. The maximum absolute atomic E-state index is 12.5. The van der Waals surface area contributed by atoms with E-state index in [1.54, 1.807) is 6.07 Å². The molecule has 0 fully saturated rings. The zero-order valence-corrected chi connectivity index (χ0v) is 6.24. The fraction of sp³-hybridized carbons (Fsp3) is 0. The van der Waals surface area contributed by atoms with Crippen molar-refractivity contribution < 1.29 is 4.39 Å². The summed E-state index contributed by atoms with van der Waals surface area (Å²) in [5.41, 5.74) is 0.696. The molecule has 0 amide bonds. The summed E-state index contributed by atoms with van der Waals surface area (Å²) in [6.45, 7) is 0. The highest BCUT2D eigenvalue weighted by atomic mass is 32.1. The molecular formula is C7H4FNOS. The second-order valence-electron chi connectivity index (χ2n) is 2.16. The minimum atomic E-state index is -0.312. The van der Waals surface area contributed by atoms with Gasteiger partial charge in [0.1, 0.15) is 5.82 Å². The summed E-state index contributed by atoms with van der Waals surface area (Å²) >= 11 is 1.02. The molecule has 0 aliphatic rings. The van der Waals surface area contributed by atoms with Crippen LogP contribution in [0.4, 0.5) is 4.39 Å². The zero-order valence-electron chi connectivity index (χ0n) is 5.43.